The number of aromatic nitrogens is 2. The van der Waals surface area contributed by atoms with Crippen LogP contribution in [0.1, 0.15) is 17.7 Å². The molecule has 2 aromatic heterocycles. The summed E-state index contributed by atoms with van der Waals surface area (Å²) in [5.41, 5.74) is 3.42. The SMILES string of the molecule is S=c1nc(-c2ccoc2)[nH]c2c1CCC2. The number of hydrogen-bond acceptors (Lipinski definition) is 3. The van der Waals surface area contributed by atoms with Gasteiger partial charge in [-0.25, -0.2) is 4.98 Å². The van der Waals surface area contributed by atoms with E-state index in [1.807, 2.05) is 6.07 Å². The number of nitrogens with one attached hydrogen (secondary N) is 1. The Kier molecular flexibility index (Phi) is 1.95. The van der Waals surface area contributed by atoms with Crippen LogP contribution in [-0.2, 0) is 12.8 Å². The summed E-state index contributed by atoms with van der Waals surface area (Å²) in [5.74, 6) is 0.814. The summed E-state index contributed by atoms with van der Waals surface area (Å²) in [6.07, 6.45) is 6.62. The average molecular weight is 218 g/mol. The monoisotopic (exact) mass is 218 g/mol. The molecule has 0 bridgehead atoms. The molecule has 1 N–H and O–H groups in total. The molecule has 3 nitrogen and oxygen atoms in total. The van der Waals surface area contributed by atoms with Gasteiger partial charge in [0.1, 0.15) is 16.7 Å². The Labute approximate surface area is 92.2 Å². The van der Waals surface area contributed by atoms with Crippen LogP contribution in [0.25, 0.3) is 11.4 Å². The number of aryl methyl sites for hydroxylation is 1. The molecule has 0 fully saturated rings. The molecule has 0 spiro atoms. The van der Waals surface area contributed by atoms with Gasteiger partial charge in [0, 0.05) is 11.3 Å². The first-order valence-corrected chi connectivity index (χ1v) is 5.40. The molecule has 76 valence electrons. The van der Waals surface area contributed by atoms with Crippen LogP contribution in [0.5, 0.6) is 0 Å². The van der Waals surface area contributed by atoms with E-state index in [-0.39, 0.29) is 0 Å². The van der Waals surface area contributed by atoms with Crippen molar-refractivity contribution in [1.29, 1.82) is 0 Å². The molecule has 3 rings (SSSR count). The van der Waals surface area contributed by atoms with Crippen LogP contribution < -0.4 is 0 Å². The molecule has 0 atom stereocenters. The summed E-state index contributed by atoms with van der Waals surface area (Å²) in [4.78, 5) is 7.72. The van der Waals surface area contributed by atoms with Gasteiger partial charge in [0.2, 0.25) is 0 Å². The zero-order valence-corrected chi connectivity index (χ0v) is 8.93. The maximum absolute atomic E-state index is 5.28. The highest BCUT2D eigenvalue weighted by molar-refractivity contribution is 7.71. The summed E-state index contributed by atoms with van der Waals surface area (Å²) in [6.45, 7) is 0. The number of furan rings is 1. The van der Waals surface area contributed by atoms with Gasteiger partial charge in [-0.05, 0) is 25.3 Å². The number of aromatic amines is 1. The van der Waals surface area contributed by atoms with E-state index in [0.29, 0.717) is 0 Å². The van der Waals surface area contributed by atoms with Crippen molar-refractivity contribution in [1.82, 2.24) is 9.97 Å². The number of rotatable bonds is 1. The maximum Gasteiger partial charge on any atom is 0.142 e. The molecular formula is C11H10N2OS. The fourth-order valence-electron chi connectivity index (χ4n) is 1.99. The van der Waals surface area contributed by atoms with Gasteiger partial charge in [-0.15, -0.1) is 0 Å². The Morgan fingerprint density at radius 3 is 3.13 bits per heavy atom. The van der Waals surface area contributed by atoms with Crippen molar-refractivity contribution >= 4 is 12.2 Å². The molecule has 0 radical (unpaired) electrons. The molecule has 15 heavy (non-hydrogen) atoms. The third-order valence-corrected chi connectivity index (χ3v) is 3.09. The molecule has 0 amide bonds. The minimum absolute atomic E-state index is 0.734. The molecular weight excluding hydrogens is 208 g/mol. The fraction of sp³-hybridized carbons (Fsp3) is 0.273. The molecule has 0 saturated heterocycles. The van der Waals surface area contributed by atoms with Crippen molar-refractivity contribution in [3.63, 3.8) is 0 Å². The van der Waals surface area contributed by atoms with E-state index in [2.05, 4.69) is 9.97 Å². The first kappa shape index (κ1) is 8.85. The first-order chi connectivity index (χ1) is 7.34. The molecule has 0 unspecified atom stereocenters. The third-order valence-electron chi connectivity index (χ3n) is 2.75. The van der Waals surface area contributed by atoms with E-state index in [1.165, 1.54) is 17.7 Å². The van der Waals surface area contributed by atoms with Gasteiger partial charge in [0.05, 0.1) is 11.8 Å². The van der Waals surface area contributed by atoms with Crippen LogP contribution in [0.4, 0.5) is 0 Å². The van der Waals surface area contributed by atoms with Crippen LogP contribution in [0.15, 0.2) is 23.0 Å². The van der Waals surface area contributed by atoms with Gasteiger partial charge < -0.3 is 9.40 Å². The molecule has 2 aromatic rings. The Bertz CT molecular complexity index is 542. The van der Waals surface area contributed by atoms with E-state index in [1.54, 1.807) is 12.5 Å². The van der Waals surface area contributed by atoms with Gasteiger partial charge in [-0.3, -0.25) is 0 Å². The van der Waals surface area contributed by atoms with Crippen LogP contribution in [0.3, 0.4) is 0 Å². The lowest BCUT2D eigenvalue weighted by Gasteiger charge is -2.02. The normalized spacial score (nSPS) is 14.1. The number of fused-ring (bicyclic) bond motifs is 1. The van der Waals surface area contributed by atoms with Crippen LogP contribution in [0, 0.1) is 4.64 Å². The largest absolute Gasteiger partial charge is 0.472 e. The predicted molar refractivity (Wildman–Crippen MR) is 59.1 cm³/mol. The summed E-state index contributed by atoms with van der Waals surface area (Å²) in [5, 5.41) is 0. The highest BCUT2D eigenvalue weighted by atomic mass is 32.1. The lowest BCUT2D eigenvalue weighted by molar-refractivity contribution is 0.568. The summed E-state index contributed by atoms with van der Waals surface area (Å²) in [6, 6.07) is 1.88. The van der Waals surface area contributed by atoms with Gasteiger partial charge in [0.25, 0.3) is 0 Å². The van der Waals surface area contributed by atoms with Gasteiger partial charge >= 0.3 is 0 Å². The standard InChI is InChI=1S/C11H10N2OS/c15-11-8-2-1-3-9(8)12-10(13-11)7-4-5-14-6-7/h4-6H,1-3H2,(H,12,13,15). The second-order valence-electron chi connectivity index (χ2n) is 3.71. The Balaban J connectivity index is 2.20. The first-order valence-electron chi connectivity index (χ1n) is 4.99. The smallest absolute Gasteiger partial charge is 0.142 e. The highest BCUT2D eigenvalue weighted by Gasteiger charge is 2.15. The van der Waals surface area contributed by atoms with E-state index in [9.17, 15) is 0 Å². The van der Waals surface area contributed by atoms with Crippen molar-refractivity contribution < 1.29 is 4.42 Å². The Hall–Kier alpha value is -1.42. The maximum atomic E-state index is 5.28. The van der Waals surface area contributed by atoms with E-state index in [4.69, 9.17) is 16.6 Å². The van der Waals surface area contributed by atoms with Crippen molar-refractivity contribution in [2.75, 3.05) is 0 Å². The Morgan fingerprint density at radius 2 is 2.33 bits per heavy atom. The van der Waals surface area contributed by atoms with E-state index < -0.39 is 0 Å². The zero-order chi connectivity index (χ0) is 10.3. The number of nitrogens with zero attached hydrogens (tertiary/aromatic N) is 1. The Morgan fingerprint density at radius 1 is 1.40 bits per heavy atom. The number of hydrogen-bond donors (Lipinski definition) is 1. The van der Waals surface area contributed by atoms with Crippen molar-refractivity contribution in [2.24, 2.45) is 0 Å². The van der Waals surface area contributed by atoms with Gasteiger partial charge in [0.15, 0.2) is 0 Å². The van der Waals surface area contributed by atoms with E-state index in [0.717, 1.165) is 28.9 Å². The second-order valence-corrected chi connectivity index (χ2v) is 4.10. The van der Waals surface area contributed by atoms with Gasteiger partial charge in [-0.2, -0.15) is 0 Å². The van der Waals surface area contributed by atoms with E-state index >= 15 is 0 Å². The third kappa shape index (κ3) is 1.41. The topological polar surface area (TPSA) is 41.8 Å². The second kappa shape index (κ2) is 3.31. The molecule has 1 aliphatic carbocycles. The van der Waals surface area contributed by atoms with Crippen LogP contribution >= 0.6 is 12.2 Å². The van der Waals surface area contributed by atoms with Crippen LogP contribution in [-0.4, -0.2) is 9.97 Å². The average Bonchev–Trinajstić information content (AvgIpc) is 2.88. The minimum Gasteiger partial charge on any atom is -0.472 e. The number of H-pyrrole nitrogens is 1. The van der Waals surface area contributed by atoms with Crippen molar-refractivity contribution in [3.8, 4) is 11.4 Å². The minimum atomic E-state index is 0.734. The molecule has 0 aliphatic heterocycles. The lowest BCUT2D eigenvalue weighted by atomic mass is 10.2. The summed E-state index contributed by atoms with van der Waals surface area (Å²) in [7, 11) is 0. The van der Waals surface area contributed by atoms with Crippen molar-refractivity contribution in [3.05, 3.63) is 34.5 Å². The molecule has 4 heteroatoms. The predicted octanol–water partition coefficient (Wildman–Crippen LogP) is 2.89. The highest BCUT2D eigenvalue weighted by Crippen LogP contribution is 2.24. The fourth-order valence-corrected chi connectivity index (χ4v) is 2.31. The zero-order valence-electron chi connectivity index (χ0n) is 8.12. The lowest BCUT2D eigenvalue weighted by Crippen LogP contribution is -1.96. The molecule has 0 saturated carbocycles. The summed E-state index contributed by atoms with van der Waals surface area (Å²) >= 11 is 5.28. The molecule has 2 heterocycles. The molecule has 0 aromatic carbocycles. The molecule has 1 aliphatic rings. The van der Waals surface area contributed by atoms with Crippen molar-refractivity contribution in [2.45, 2.75) is 19.3 Å². The summed E-state index contributed by atoms with van der Waals surface area (Å²) < 4.78 is 5.77. The van der Waals surface area contributed by atoms with Crippen LogP contribution in [0.2, 0.25) is 0 Å². The van der Waals surface area contributed by atoms with Gasteiger partial charge in [-0.1, -0.05) is 12.2 Å². The quantitative estimate of drug-likeness (QED) is 0.748.